The number of halogens is 1. The zero-order chi connectivity index (χ0) is 23.7. The number of carbonyl (C=O) groups excluding carboxylic acids is 2. The van der Waals surface area contributed by atoms with Crippen molar-refractivity contribution in [2.24, 2.45) is 0 Å². The molecule has 0 spiro atoms. The molecule has 4 nitrogen and oxygen atoms in total. The number of fused-ring (bicyclic) bond motifs is 1. The van der Waals surface area contributed by atoms with E-state index in [9.17, 15) is 14.7 Å². The summed E-state index contributed by atoms with van der Waals surface area (Å²) < 4.78 is 6.38. The Hall–Kier alpha value is -3.93. The molecule has 1 N–H and O–H groups in total. The molecule has 1 aromatic heterocycles. The van der Waals surface area contributed by atoms with E-state index in [1.807, 2.05) is 6.07 Å². The van der Waals surface area contributed by atoms with E-state index in [2.05, 4.69) is 0 Å². The van der Waals surface area contributed by atoms with Crippen LogP contribution in [-0.2, 0) is 0 Å². The van der Waals surface area contributed by atoms with Gasteiger partial charge >= 0.3 is 5.97 Å². The maximum atomic E-state index is 13.6. The Morgan fingerprint density at radius 2 is 1.50 bits per heavy atom. The molecule has 5 rings (SSSR count). The Morgan fingerprint density at radius 1 is 0.794 bits per heavy atom. The molecule has 0 aliphatic rings. The van der Waals surface area contributed by atoms with Gasteiger partial charge in [-0.05, 0) is 84.4 Å². The van der Waals surface area contributed by atoms with Crippen molar-refractivity contribution in [2.75, 3.05) is 0 Å². The van der Waals surface area contributed by atoms with Gasteiger partial charge < -0.3 is 9.84 Å². The standard InChI is InChI=1S/C28H17ClO4S/c29-20-10-6-17(7-11-20)26(31)25-23-15-14-22(33-28(32)19-4-2-1-3-5-19)16-24(23)34-27(25)18-8-12-21(30)13-9-18/h1-16,30H. The van der Waals surface area contributed by atoms with Crippen LogP contribution in [0.4, 0.5) is 0 Å². The molecule has 0 saturated heterocycles. The highest BCUT2D eigenvalue weighted by Gasteiger charge is 2.22. The quantitative estimate of drug-likeness (QED) is 0.160. The summed E-state index contributed by atoms with van der Waals surface area (Å²) in [7, 11) is 0. The summed E-state index contributed by atoms with van der Waals surface area (Å²) in [5.74, 6) is -0.0522. The first-order valence-corrected chi connectivity index (χ1v) is 11.6. The van der Waals surface area contributed by atoms with Crippen molar-refractivity contribution in [3.63, 3.8) is 0 Å². The van der Waals surface area contributed by atoms with Crippen molar-refractivity contribution in [1.82, 2.24) is 0 Å². The van der Waals surface area contributed by atoms with Crippen LogP contribution in [0.5, 0.6) is 11.5 Å². The summed E-state index contributed by atoms with van der Waals surface area (Å²) in [5, 5.41) is 11.0. The number of thiophene rings is 1. The summed E-state index contributed by atoms with van der Waals surface area (Å²) in [4.78, 5) is 26.8. The maximum Gasteiger partial charge on any atom is 0.343 e. The number of hydrogen-bond donors (Lipinski definition) is 1. The second-order valence-corrected chi connectivity index (χ2v) is 9.09. The number of phenols is 1. The summed E-state index contributed by atoms with van der Waals surface area (Å²) in [6, 6.07) is 27.5. The van der Waals surface area contributed by atoms with Gasteiger partial charge in [-0.3, -0.25) is 4.79 Å². The van der Waals surface area contributed by atoms with Crippen molar-refractivity contribution in [2.45, 2.75) is 0 Å². The molecule has 0 aliphatic carbocycles. The van der Waals surface area contributed by atoms with Crippen molar-refractivity contribution in [3.8, 4) is 21.9 Å². The van der Waals surface area contributed by atoms with Gasteiger partial charge in [-0.2, -0.15) is 0 Å². The van der Waals surface area contributed by atoms with Gasteiger partial charge in [-0.25, -0.2) is 4.79 Å². The Morgan fingerprint density at radius 3 is 2.21 bits per heavy atom. The molecule has 1 heterocycles. The Bertz CT molecular complexity index is 1500. The number of benzene rings is 4. The Labute approximate surface area is 204 Å². The molecule has 0 radical (unpaired) electrons. The fourth-order valence-corrected chi connectivity index (χ4v) is 5.03. The van der Waals surface area contributed by atoms with Gasteiger partial charge in [-0.1, -0.05) is 29.8 Å². The van der Waals surface area contributed by atoms with Gasteiger partial charge in [0.15, 0.2) is 5.78 Å². The number of aromatic hydroxyl groups is 1. The van der Waals surface area contributed by atoms with Gasteiger partial charge in [0, 0.05) is 31.1 Å². The predicted octanol–water partition coefficient (Wildman–Crippen LogP) is 7.38. The molecule has 0 saturated carbocycles. The number of rotatable bonds is 5. The minimum Gasteiger partial charge on any atom is -0.508 e. The Balaban J connectivity index is 1.60. The molecule has 0 aliphatic heterocycles. The van der Waals surface area contributed by atoms with E-state index < -0.39 is 5.97 Å². The van der Waals surface area contributed by atoms with E-state index in [0.29, 0.717) is 27.5 Å². The topological polar surface area (TPSA) is 63.6 Å². The largest absolute Gasteiger partial charge is 0.508 e. The molecule has 4 aromatic carbocycles. The highest BCUT2D eigenvalue weighted by atomic mass is 35.5. The lowest BCUT2D eigenvalue weighted by Gasteiger charge is -2.06. The third-order valence-corrected chi connectivity index (χ3v) is 6.80. The molecule has 34 heavy (non-hydrogen) atoms. The monoisotopic (exact) mass is 484 g/mol. The predicted molar refractivity (Wildman–Crippen MR) is 135 cm³/mol. The lowest BCUT2D eigenvalue weighted by atomic mass is 9.97. The van der Waals surface area contributed by atoms with Crippen LogP contribution in [0, 0.1) is 0 Å². The summed E-state index contributed by atoms with van der Waals surface area (Å²) in [5.41, 5.74) is 2.33. The lowest BCUT2D eigenvalue weighted by Crippen LogP contribution is -2.08. The van der Waals surface area contributed by atoms with E-state index in [0.717, 1.165) is 20.5 Å². The normalized spacial score (nSPS) is 10.9. The fraction of sp³-hybridized carbons (Fsp3) is 0. The smallest absolute Gasteiger partial charge is 0.343 e. The third-order valence-electron chi connectivity index (χ3n) is 5.34. The number of ketones is 1. The first-order chi connectivity index (χ1) is 16.5. The molecule has 0 atom stereocenters. The zero-order valence-electron chi connectivity index (χ0n) is 17.7. The second-order valence-electron chi connectivity index (χ2n) is 7.60. The summed E-state index contributed by atoms with van der Waals surface area (Å²) in [6.07, 6.45) is 0. The van der Waals surface area contributed by atoms with Crippen LogP contribution in [0.2, 0.25) is 5.02 Å². The van der Waals surface area contributed by atoms with Crippen LogP contribution in [0.15, 0.2) is 97.1 Å². The number of phenolic OH excluding ortho intramolecular Hbond substituents is 1. The zero-order valence-corrected chi connectivity index (χ0v) is 19.3. The van der Waals surface area contributed by atoms with Crippen LogP contribution in [0.25, 0.3) is 20.5 Å². The van der Waals surface area contributed by atoms with Crippen molar-refractivity contribution < 1.29 is 19.4 Å². The van der Waals surface area contributed by atoms with Gasteiger partial charge in [-0.15, -0.1) is 11.3 Å². The van der Waals surface area contributed by atoms with Gasteiger partial charge in [0.2, 0.25) is 0 Å². The van der Waals surface area contributed by atoms with Gasteiger partial charge in [0.05, 0.1) is 5.56 Å². The third kappa shape index (κ3) is 4.31. The maximum absolute atomic E-state index is 13.6. The van der Waals surface area contributed by atoms with Crippen LogP contribution >= 0.6 is 22.9 Å². The van der Waals surface area contributed by atoms with Crippen LogP contribution in [0.1, 0.15) is 26.3 Å². The molecular weight excluding hydrogens is 468 g/mol. The van der Waals surface area contributed by atoms with E-state index in [1.54, 1.807) is 91.0 Å². The van der Waals surface area contributed by atoms with Crippen molar-refractivity contribution >= 4 is 44.8 Å². The minimum atomic E-state index is -0.451. The van der Waals surface area contributed by atoms with Crippen LogP contribution < -0.4 is 4.74 Å². The molecule has 0 fully saturated rings. The van der Waals surface area contributed by atoms with E-state index in [4.69, 9.17) is 16.3 Å². The SMILES string of the molecule is O=C(Oc1ccc2c(C(=O)c3ccc(Cl)cc3)c(-c3ccc(O)cc3)sc2c1)c1ccccc1. The Kier molecular flexibility index (Phi) is 5.88. The summed E-state index contributed by atoms with van der Waals surface area (Å²) >= 11 is 7.43. The molecule has 0 amide bonds. The van der Waals surface area contributed by atoms with Crippen molar-refractivity contribution in [3.05, 3.63) is 119 Å². The first kappa shape index (κ1) is 21.9. The lowest BCUT2D eigenvalue weighted by molar-refractivity contribution is 0.0734. The molecule has 166 valence electrons. The number of hydrogen-bond acceptors (Lipinski definition) is 5. The van der Waals surface area contributed by atoms with Gasteiger partial charge in [0.25, 0.3) is 0 Å². The highest BCUT2D eigenvalue weighted by Crippen LogP contribution is 2.41. The van der Waals surface area contributed by atoms with E-state index in [-0.39, 0.29) is 11.5 Å². The van der Waals surface area contributed by atoms with Gasteiger partial charge in [0.1, 0.15) is 11.5 Å². The average molecular weight is 485 g/mol. The molecule has 6 heteroatoms. The number of carbonyl (C=O) groups is 2. The van der Waals surface area contributed by atoms with Crippen LogP contribution in [0.3, 0.4) is 0 Å². The summed E-state index contributed by atoms with van der Waals surface area (Å²) in [6.45, 7) is 0. The van der Waals surface area contributed by atoms with Crippen LogP contribution in [-0.4, -0.2) is 16.9 Å². The highest BCUT2D eigenvalue weighted by molar-refractivity contribution is 7.22. The molecule has 5 aromatic rings. The molecule has 0 unspecified atom stereocenters. The number of esters is 1. The molecular formula is C28H17ClO4S. The van der Waals surface area contributed by atoms with E-state index in [1.165, 1.54) is 11.3 Å². The van der Waals surface area contributed by atoms with Crippen molar-refractivity contribution in [1.29, 1.82) is 0 Å². The molecule has 0 bridgehead atoms. The average Bonchev–Trinajstić information content (AvgIpc) is 3.23. The number of ether oxygens (including phenoxy) is 1. The second kappa shape index (κ2) is 9.14. The van der Waals surface area contributed by atoms with E-state index >= 15 is 0 Å². The fourth-order valence-electron chi connectivity index (χ4n) is 3.67. The minimum absolute atomic E-state index is 0.139. The first-order valence-electron chi connectivity index (χ1n) is 10.4.